The van der Waals surface area contributed by atoms with Crippen LogP contribution in [0.2, 0.25) is 0 Å². The van der Waals surface area contributed by atoms with Gasteiger partial charge < -0.3 is 26.3 Å². The van der Waals surface area contributed by atoms with Crippen LogP contribution in [0.15, 0.2) is 36.4 Å². The number of ether oxygens (including phenoxy) is 2. The largest absolute Gasteiger partial charge is 0.483 e. The molecule has 0 radical (unpaired) electrons. The molecular formula is C22H28N4O4. The molecule has 2 rings (SSSR count). The van der Waals surface area contributed by atoms with Gasteiger partial charge in [-0.25, -0.2) is 0 Å². The van der Waals surface area contributed by atoms with E-state index in [1.54, 1.807) is 25.3 Å². The first-order chi connectivity index (χ1) is 14.3. The number of amides is 2. The van der Waals surface area contributed by atoms with Gasteiger partial charge in [0.25, 0.3) is 11.8 Å². The zero-order valence-electron chi connectivity index (χ0n) is 17.3. The molecule has 0 bridgehead atoms. The predicted octanol–water partition coefficient (Wildman–Crippen LogP) is 1.65. The standard InChI is InChI=1S/C22H28N4O4/c1-14-8-15(4-3-7-29-2)10-18(9-14)22(28)26-12-17-6-5-16(21(24)25)11-19(17)30-13-20(23)27/h5-6,8-11H,3-4,7,12-13H2,1-2H3,(H2,23,27)(H3,24,25)(H,26,28). The van der Waals surface area contributed by atoms with Crippen LogP contribution in [0.4, 0.5) is 0 Å². The normalized spacial score (nSPS) is 10.5. The molecule has 2 amide bonds. The van der Waals surface area contributed by atoms with Crippen LogP contribution in [-0.4, -0.2) is 38.0 Å². The smallest absolute Gasteiger partial charge is 0.255 e. The second-order valence-electron chi connectivity index (χ2n) is 6.98. The summed E-state index contributed by atoms with van der Waals surface area (Å²) in [5.74, 6) is -0.635. The van der Waals surface area contributed by atoms with Crippen molar-refractivity contribution in [3.8, 4) is 5.75 Å². The molecule has 6 N–H and O–H groups in total. The average molecular weight is 412 g/mol. The number of nitrogens with one attached hydrogen (secondary N) is 2. The molecule has 0 aromatic heterocycles. The third-order valence-corrected chi connectivity index (χ3v) is 4.40. The minimum atomic E-state index is -0.626. The monoisotopic (exact) mass is 412 g/mol. The van der Waals surface area contributed by atoms with E-state index in [1.807, 2.05) is 19.1 Å². The van der Waals surface area contributed by atoms with E-state index < -0.39 is 5.91 Å². The first kappa shape index (κ1) is 22.9. The van der Waals surface area contributed by atoms with E-state index in [1.165, 1.54) is 0 Å². The molecule has 0 fully saturated rings. The molecular weight excluding hydrogens is 384 g/mol. The Labute approximate surface area is 176 Å². The number of aryl methyl sites for hydroxylation is 2. The van der Waals surface area contributed by atoms with E-state index in [4.69, 9.17) is 26.4 Å². The first-order valence-corrected chi connectivity index (χ1v) is 9.56. The van der Waals surface area contributed by atoms with E-state index in [-0.39, 0.29) is 24.9 Å². The van der Waals surface area contributed by atoms with Crippen molar-refractivity contribution in [3.05, 3.63) is 64.2 Å². The van der Waals surface area contributed by atoms with E-state index in [2.05, 4.69) is 11.4 Å². The number of amidine groups is 1. The maximum Gasteiger partial charge on any atom is 0.255 e. The van der Waals surface area contributed by atoms with Crippen LogP contribution in [0.5, 0.6) is 5.75 Å². The van der Waals surface area contributed by atoms with Crippen LogP contribution >= 0.6 is 0 Å². The maximum atomic E-state index is 12.7. The summed E-state index contributed by atoms with van der Waals surface area (Å²) in [7, 11) is 1.67. The number of primary amides is 1. The summed E-state index contributed by atoms with van der Waals surface area (Å²) in [4.78, 5) is 23.8. The van der Waals surface area contributed by atoms with Crippen molar-refractivity contribution < 1.29 is 19.1 Å². The van der Waals surface area contributed by atoms with Gasteiger partial charge in [0.2, 0.25) is 0 Å². The van der Waals surface area contributed by atoms with Gasteiger partial charge >= 0.3 is 0 Å². The van der Waals surface area contributed by atoms with E-state index >= 15 is 0 Å². The molecule has 8 heteroatoms. The molecule has 160 valence electrons. The van der Waals surface area contributed by atoms with Crippen LogP contribution in [0.25, 0.3) is 0 Å². The van der Waals surface area contributed by atoms with Crippen molar-refractivity contribution in [2.24, 2.45) is 11.5 Å². The van der Waals surface area contributed by atoms with Gasteiger partial charge in [0.1, 0.15) is 11.6 Å². The Morgan fingerprint density at radius 3 is 2.53 bits per heavy atom. The fraction of sp³-hybridized carbons (Fsp3) is 0.318. The lowest BCUT2D eigenvalue weighted by molar-refractivity contribution is -0.119. The zero-order valence-corrected chi connectivity index (χ0v) is 17.3. The number of hydrogen-bond acceptors (Lipinski definition) is 5. The van der Waals surface area contributed by atoms with Gasteiger partial charge in [-0.3, -0.25) is 15.0 Å². The van der Waals surface area contributed by atoms with Gasteiger partial charge in [-0.1, -0.05) is 23.8 Å². The molecule has 2 aromatic carbocycles. The van der Waals surface area contributed by atoms with Crippen LogP contribution in [0.1, 0.15) is 39.0 Å². The molecule has 2 aromatic rings. The van der Waals surface area contributed by atoms with Gasteiger partial charge in [0.05, 0.1) is 0 Å². The summed E-state index contributed by atoms with van der Waals surface area (Å²) < 4.78 is 10.5. The number of carbonyl (C=O) groups excluding carboxylic acids is 2. The van der Waals surface area contributed by atoms with E-state index in [0.29, 0.717) is 29.0 Å². The third kappa shape index (κ3) is 6.89. The average Bonchev–Trinajstić information content (AvgIpc) is 2.70. The van der Waals surface area contributed by atoms with Gasteiger partial charge in [-0.15, -0.1) is 0 Å². The highest BCUT2D eigenvalue weighted by Gasteiger charge is 2.12. The highest BCUT2D eigenvalue weighted by Crippen LogP contribution is 2.21. The molecule has 0 aliphatic rings. The Morgan fingerprint density at radius 2 is 1.87 bits per heavy atom. The van der Waals surface area contributed by atoms with Crippen molar-refractivity contribution in [3.63, 3.8) is 0 Å². The van der Waals surface area contributed by atoms with E-state index in [9.17, 15) is 9.59 Å². The highest BCUT2D eigenvalue weighted by molar-refractivity contribution is 5.96. The summed E-state index contributed by atoms with van der Waals surface area (Å²) >= 11 is 0. The number of hydrogen-bond donors (Lipinski definition) is 4. The molecule has 8 nitrogen and oxygen atoms in total. The zero-order chi connectivity index (χ0) is 22.1. The molecule has 30 heavy (non-hydrogen) atoms. The Balaban J connectivity index is 2.13. The summed E-state index contributed by atoms with van der Waals surface area (Å²) in [6.45, 7) is 2.48. The molecule has 0 heterocycles. The summed E-state index contributed by atoms with van der Waals surface area (Å²) in [5, 5.41) is 10.4. The van der Waals surface area contributed by atoms with Crippen LogP contribution in [0.3, 0.4) is 0 Å². The Morgan fingerprint density at radius 1 is 1.10 bits per heavy atom. The predicted molar refractivity (Wildman–Crippen MR) is 115 cm³/mol. The summed E-state index contributed by atoms with van der Waals surface area (Å²) in [6, 6.07) is 10.7. The summed E-state index contributed by atoms with van der Waals surface area (Å²) in [6.07, 6.45) is 1.71. The topological polar surface area (TPSA) is 141 Å². The molecule has 0 unspecified atom stereocenters. The maximum absolute atomic E-state index is 12.7. The molecule has 0 saturated heterocycles. The number of carbonyl (C=O) groups is 2. The quantitative estimate of drug-likeness (QED) is 0.252. The van der Waals surface area contributed by atoms with Crippen LogP contribution in [0, 0.1) is 12.3 Å². The number of methoxy groups -OCH3 is 1. The molecule has 0 spiro atoms. The lowest BCUT2D eigenvalue weighted by Crippen LogP contribution is -2.25. The van der Waals surface area contributed by atoms with Gasteiger partial charge in [0, 0.05) is 37.0 Å². The van der Waals surface area contributed by atoms with Crippen LogP contribution < -0.4 is 21.5 Å². The van der Waals surface area contributed by atoms with Crippen molar-refractivity contribution >= 4 is 17.6 Å². The Bertz CT molecular complexity index is 927. The fourth-order valence-corrected chi connectivity index (χ4v) is 2.99. The van der Waals surface area contributed by atoms with Crippen molar-refractivity contribution in [1.29, 1.82) is 5.41 Å². The highest BCUT2D eigenvalue weighted by atomic mass is 16.5. The number of rotatable bonds is 11. The van der Waals surface area contributed by atoms with Crippen molar-refractivity contribution in [2.75, 3.05) is 20.3 Å². The molecule has 0 saturated carbocycles. The minimum absolute atomic E-state index is 0.129. The van der Waals surface area contributed by atoms with Gasteiger partial charge in [0.15, 0.2) is 6.61 Å². The second-order valence-corrected chi connectivity index (χ2v) is 6.98. The van der Waals surface area contributed by atoms with E-state index in [0.717, 1.165) is 24.0 Å². The van der Waals surface area contributed by atoms with Crippen molar-refractivity contribution in [1.82, 2.24) is 5.32 Å². The number of nitrogens with two attached hydrogens (primary N) is 2. The second kappa shape index (κ2) is 11.0. The van der Waals surface area contributed by atoms with Gasteiger partial charge in [-0.2, -0.15) is 0 Å². The summed E-state index contributed by atoms with van der Waals surface area (Å²) in [5.41, 5.74) is 14.4. The molecule has 0 aliphatic carbocycles. The number of nitrogen functional groups attached to an aromatic ring is 1. The first-order valence-electron chi connectivity index (χ1n) is 9.56. The van der Waals surface area contributed by atoms with Gasteiger partial charge in [-0.05, 0) is 43.5 Å². The Hall–Kier alpha value is -3.39. The van der Waals surface area contributed by atoms with Crippen molar-refractivity contribution in [2.45, 2.75) is 26.3 Å². The SMILES string of the molecule is COCCCc1cc(C)cc(C(=O)NCc2ccc(C(=N)N)cc2OCC(N)=O)c1. The lowest BCUT2D eigenvalue weighted by atomic mass is 10.0. The molecule has 0 atom stereocenters. The fourth-order valence-electron chi connectivity index (χ4n) is 2.99. The minimum Gasteiger partial charge on any atom is -0.483 e. The third-order valence-electron chi connectivity index (χ3n) is 4.40. The lowest BCUT2D eigenvalue weighted by Gasteiger charge is -2.13. The number of benzene rings is 2. The van der Waals surface area contributed by atoms with Crippen LogP contribution in [-0.2, 0) is 22.5 Å². The Kier molecular flexibility index (Phi) is 8.37. The molecule has 0 aliphatic heterocycles.